The van der Waals surface area contributed by atoms with E-state index in [4.69, 9.17) is 0 Å². The Kier molecular flexibility index (Phi) is 7.83. The lowest BCUT2D eigenvalue weighted by Gasteiger charge is -2.10. The van der Waals surface area contributed by atoms with Gasteiger partial charge in [-0.1, -0.05) is 18.2 Å². The molecule has 0 fully saturated rings. The van der Waals surface area contributed by atoms with Gasteiger partial charge in [-0.15, -0.1) is 24.0 Å². The summed E-state index contributed by atoms with van der Waals surface area (Å²) >= 11 is 3.45. The Bertz CT molecular complexity index is 896. The van der Waals surface area contributed by atoms with Crippen LogP contribution in [-0.4, -0.2) is 21.9 Å². The second-order valence-corrected chi connectivity index (χ2v) is 6.40. The molecule has 0 aliphatic rings. The second-order valence-electron chi connectivity index (χ2n) is 5.49. The number of benzene rings is 1. The van der Waals surface area contributed by atoms with Crippen LogP contribution < -0.4 is 10.6 Å². The van der Waals surface area contributed by atoms with Crippen molar-refractivity contribution in [3.8, 4) is 0 Å². The van der Waals surface area contributed by atoms with Crippen molar-refractivity contribution in [2.45, 2.75) is 20.0 Å². The van der Waals surface area contributed by atoms with E-state index in [0.29, 0.717) is 18.1 Å². The van der Waals surface area contributed by atoms with Crippen LogP contribution in [-0.2, 0) is 13.1 Å². The van der Waals surface area contributed by atoms with Gasteiger partial charge >= 0.3 is 0 Å². The van der Waals surface area contributed by atoms with Gasteiger partial charge < -0.3 is 15.0 Å². The van der Waals surface area contributed by atoms with Gasteiger partial charge in [-0.2, -0.15) is 0 Å². The topological polar surface area (TPSA) is 53.7 Å². The third kappa shape index (κ3) is 5.41. The Morgan fingerprint density at radius 1 is 1.19 bits per heavy atom. The first-order valence-corrected chi connectivity index (χ1v) is 8.83. The second kappa shape index (κ2) is 9.86. The first kappa shape index (κ1) is 20.6. The predicted molar refractivity (Wildman–Crippen MR) is 116 cm³/mol. The summed E-state index contributed by atoms with van der Waals surface area (Å²) in [6, 6.07) is 10.6. The van der Waals surface area contributed by atoms with Crippen LogP contribution in [0.2, 0.25) is 0 Å². The first-order valence-electron chi connectivity index (χ1n) is 8.04. The summed E-state index contributed by atoms with van der Waals surface area (Å²) in [6.45, 7) is 3.52. The molecule has 8 heteroatoms. The standard InChI is InChI=1S/C18H19BrFN5.HI/c1-2-21-18(22-9-13-5-3-4-6-16(13)20)23-10-15-12-25-11-14(19)7-8-17(25)24-15;/h3-8,11-12H,2,9-10H2,1H3,(H2,21,22,23);1H. The minimum atomic E-state index is -0.243. The Morgan fingerprint density at radius 3 is 2.77 bits per heavy atom. The largest absolute Gasteiger partial charge is 0.357 e. The number of pyridine rings is 1. The zero-order valence-electron chi connectivity index (χ0n) is 14.2. The molecule has 2 heterocycles. The molecule has 0 bridgehead atoms. The minimum absolute atomic E-state index is 0. The van der Waals surface area contributed by atoms with Crippen LogP contribution in [0, 0.1) is 5.82 Å². The molecular weight excluding hydrogens is 512 g/mol. The number of halogens is 3. The van der Waals surface area contributed by atoms with Crippen molar-refractivity contribution in [1.29, 1.82) is 0 Å². The van der Waals surface area contributed by atoms with Crippen LogP contribution in [0.15, 0.2) is 58.3 Å². The molecule has 0 spiro atoms. The van der Waals surface area contributed by atoms with Crippen molar-refractivity contribution >= 4 is 51.5 Å². The molecule has 0 saturated carbocycles. The molecule has 0 unspecified atom stereocenters. The van der Waals surface area contributed by atoms with Gasteiger partial charge in [0.1, 0.15) is 11.5 Å². The van der Waals surface area contributed by atoms with Gasteiger partial charge in [0.2, 0.25) is 0 Å². The molecule has 0 amide bonds. The van der Waals surface area contributed by atoms with Crippen molar-refractivity contribution < 1.29 is 4.39 Å². The average Bonchev–Trinajstić information content (AvgIpc) is 3.00. The van der Waals surface area contributed by atoms with E-state index in [1.807, 2.05) is 41.9 Å². The number of aliphatic imine (C=N–C) groups is 1. The SMILES string of the molecule is CCNC(=NCc1ccccc1F)NCc1cn2cc(Br)ccc2n1.I. The molecule has 3 aromatic rings. The summed E-state index contributed by atoms with van der Waals surface area (Å²) in [5.41, 5.74) is 2.35. The van der Waals surface area contributed by atoms with Crippen molar-refractivity contribution in [3.63, 3.8) is 0 Å². The third-order valence-electron chi connectivity index (χ3n) is 3.61. The monoisotopic (exact) mass is 531 g/mol. The van der Waals surface area contributed by atoms with Gasteiger partial charge in [-0.25, -0.2) is 14.4 Å². The summed E-state index contributed by atoms with van der Waals surface area (Å²) in [5.74, 6) is 0.386. The van der Waals surface area contributed by atoms with Gasteiger partial charge in [-0.05, 0) is 41.1 Å². The molecule has 3 rings (SSSR count). The molecule has 0 radical (unpaired) electrons. The van der Waals surface area contributed by atoms with E-state index in [9.17, 15) is 4.39 Å². The van der Waals surface area contributed by atoms with Gasteiger partial charge in [-0.3, -0.25) is 0 Å². The summed E-state index contributed by atoms with van der Waals surface area (Å²) in [7, 11) is 0. The third-order valence-corrected chi connectivity index (χ3v) is 4.08. The zero-order chi connectivity index (χ0) is 17.6. The number of nitrogens with one attached hydrogen (secondary N) is 2. The molecule has 138 valence electrons. The molecule has 2 N–H and O–H groups in total. The zero-order valence-corrected chi connectivity index (χ0v) is 18.2. The van der Waals surface area contributed by atoms with Crippen LogP contribution >= 0.6 is 39.9 Å². The van der Waals surface area contributed by atoms with Crippen LogP contribution in [0.4, 0.5) is 4.39 Å². The average molecular weight is 532 g/mol. The van der Waals surface area contributed by atoms with E-state index in [0.717, 1.165) is 22.4 Å². The number of guanidine groups is 1. The fraction of sp³-hybridized carbons (Fsp3) is 0.222. The lowest BCUT2D eigenvalue weighted by molar-refractivity contribution is 0.610. The van der Waals surface area contributed by atoms with Crippen LogP contribution in [0.5, 0.6) is 0 Å². The molecule has 0 atom stereocenters. The fourth-order valence-electron chi connectivity index (χ4n) is 2.41. The highest BCUT2D eigenvalue weighted by molar-refractivity contribution is 14.0. The maximum absolute atomic E-state index is 13.7. The number of aromatic nitrogens is 2. The van der Waals surface area contributed by atoms with Gasteiger partial charge in [0, 0.05) is 29.0 Å². The quantitative estimate of drug-likeness (QED) is 0.296. The number of rotatable bonds is 5. The summed E-state index contributed by atoms with van der Waals surface area (Å²) in [4.78, 5) is 9.00. The lowest BCUT2D eigenvalue weighted by atomic mass is 10.2. The molecule has 26 heavy (non-hydrogen) atoms. The summed E-state index contributed by atoms with van der Waals surface area (Å²) in [5, 5.41) is 6.39. The molecule has 0 saturated heterocycles. The Hall–Kier alpha value is -1.68. The number of hydrogen-bond donors (Lipinski definition) is 2. The fourth-order valence-corrected chi connectivity index (χ4v) is 2.76. The van der Waals surface area contributed by atoms with Crippen molar-refractivity contribution in [2.24, 2.45) is 4.99 Å². The van der Waals surface area contributed by atoms with E-state index in [1.54, 1.807) is 12.1 Å². The Labute approximate surface area is 177 Å². The lowest BCUT2D eigenvalue weighted by Crippen LogP contribution is -2.36. The maximum Gasteiger partial charge on any atom is 0.191 e. The Balaban J connectivity index is 0.00000243. The smallest absolute Gasteiger partial charge is 0.191 e. The first-order chi connectivity index (χ1) is 12.2. The van der Waals surface area contributed by atoms with Crippen molar-refractivity contribution in [1.82, 2.24) is 20.0 Å². The highest BCUT2D eigenvalue weighted by Crippen LogP contribution is 2.12. The van der Waals surface area contributed by atoms with E-state index in [2.05, 4.69) is 36.5 Å². The number of nitrogens with zero attached hydrogens (tertiary/aromatic N) is 3. The van der Waals surface area contributed by atoms with Gasteiger partial charge in [0.15, 0.2) is 5.96 Å². The van der Waals surface area contributed by atoms with E-state index < -0.39 is 0 Å². The van der Waals surface area contributed by atoms with Crippen LogP contribution in [0.25, 0.3) is 5.65 Å². The normalized spacial score (nSPS) is 11.3. The number of imidazole rings is 1. The molecular formula is C18H20BrFIN5. The molecule has 0 aliphatic heterocycles. The maximum atomic E-state index is 13.7. The Morgan fingerprint density at radius 2 is 2.00 bits per heavy atom. The predicted octanol–water partition coefficient (Wildman–Crippen LogP) is 4.11. The number of fused-ring (bicyclic) bond motifs is 1. The van der Waals surface area contributed by atoms with Crippen molar-refractivity contribution in [2.75, 3.05) is 6.54 Å². The van der Waals surface area contributed by atoms with E-state index >= 15 is 0 Å². The minimum Gasteiger partial charge on any atom is -0.357 e. The molecule has 1 aromatic carbocycles. The summed E-state index contributed by atoms with van der Waals surface area (Å²) in [6.07, 6.45) is 3.93. The molecule has 0 aliphatic carbocycles. The van der Waals surface area contributed by atoms with Gasteiger partial charge in [0.05, 0.1) is 18.8 Å². The van der Waals surface area contributed by atoms with Gasteiger partial charge in [0.25, 0.3) is 0 Å². The molecule has 5 nitrogen and oxygen atoms in total. The highest BCUT2D eigenvalue weighted by Gasteiger charge is 2.05. The number of hydrogen-bond acceptors (Lipinski definition) is 2. The highest BCUT2D eigenvalue weighted by atomic mass is 127. The molecule has 2 aromatic heterocycles. The van der Waals surface area contributed by atoms with E-state index in [-0.39, 0.29) is 36.3 Å². The van der Waals surface area contributed by atoms with Crippen LogP contribution in [0.3, 0.4) is 0 Å². The van der Waals surface area contributed by atoms with E-state index in [1.165, 1.54) is 6.07 Å². The van der Waals surface area contributed by atoms with Crippen molar-refractivity contribution in [3.05, 3.63) is 70.3 Å². The summed E-state index contributed by atoms with van der Waals surface area (Å²) < 4.78 is 16.7. The van der Waals surface area contributed by atoms with Crippen LogP contribution in [0.1, 0.15) is 18.2 Å².